The molecule has 0 aromatic heterocycles. The molecule has 0 aromatic carbocycles. The molecule has 0 unspecified atom stereocenters. The summed E-state index contributed by atoms with van der Waals surface area (Å²) in [5.74, 6) is 1.08. The van der Waals surface area contributed by atoms with Crippen LogP contribution in [0.1, 0.15) is 58.8 Å². The van der Waals surface area contributed by atoms with Crippen LogP contribution < -0.4 is 10.6 Å². The molecule has 1 aliphatic carbocycles. The summed E-state index contributed by atoms with van der Waals surface area (Å²) in [5, 5.41) is 7.15. The van der Waals surface area contributed by atoms with Crippen LogP contribution in [0.15, 0.2) is 0 Å². The molecule has 1 saturated carbocycles. The Labute approximate surface area is 142 Å². The van der Waals surface area contributed by atoms with Crippen molar-refractivity contribution >= 4 is 18.3 Å². The highest BCUT2D eigenvalue weighted by Gasteiger charge is 2.41. The van der Waals surface area contributed by atoms with Crippen molar-refractivity contribution in [3.63, 3.8) is 0 Å². The number of hydrogen-bond donors (Lipinski definition) is 2. The number of piperidine rings is 1. The Morgan fingerprint density at radius 3 is 2.27 bits per heavy atom. The van der Waals surface area contributed by atoms with Crippen LogP contribution in [0.2, 0.25) is 0 Å². The van der Waals surface area contributed by atoms with Gasteiger partial charge in [-0.1, -0.05) is 19.3 Å². The number of rotatable bonds is 6. The van der Waals surface area contributed by atoms with E-state index in [1.165, 1.54) is 32.1 Å². The summed E-state index contributed by atoms with van der Waals surface area (Å²) in [6, 6.07) is 0. The second-order valence-corrected chi connectivity index (χ2v) is 6.69. The number of nitrogens with one attached hydrogen (secondary N) is 2. The molecule has 2 N–H and O–H groups in total. The van der Waals surface area contributed by atoms with Gasteiger partial charge in [-0.3, -0.25) is 4.79 Å². The van der Waals surface area contributed by atoms with Gasteiger partial charge in [0.05, 0.1) is 5.54 Å². The molecule has 2 fully saturated rings. The standard InChI is InChI=1S/C17H33N3O.ClH/c1-3-20(4-2)16(21)17(10-6-5-7-11-17)19-14-15-8-12-18-13-9-15;/h15,18-19H,3-14H2,1-2H3;1H. The van der Waals surface area contributed by atoms with Gasteiger partial charge in [0.15, 0.2) is 0 Å². The van der Waals surface area contributed by atoms with Gasteiger partial charge < -0.3 is 15.5 Å². The smallest absolute Gasteiger partial charge is 0.242 e. The largest absolute Gasteiger partial charge is 0.342 e. The van der Waals surface area contributed by atoms with Crippen molar-refractivity contribution in [1.82, 2.24) is 15.5 Å². The zero-order valence-electron chi connectivity index (χ0n) is 14.3. The summed E-state index contributed by atoms with van der Waals surface area (Å²) in [6.07, 6.45) is 8.17. The van der Waals surface area contributed by atoms with Gasteiger partial charge in [-0.2, -0.15) is 0 Å². The third-order valence-electron chi connectivity index (χ3n) is 5.35. The number of likely N-dealkylation sites (N-methyl/N-ethyl adjacent to an activating group) is 1. The molecule has 130 valence electrons. The first-order valence-corrected chi connectivity index (χ1v) is 8.97. The van der Waals surface area contributed by atoms with Crippen molar-refractivity contribution in [3.8, 4) is 0 Å². The van der Waals surface area contributed by atoms with Crippen LogP contribution in [0.5, 0.6) is 0 Å². The second kappa shape index (κ2) is 9.74. The van der Waals surface area contributed by atoms with Crippen molar-refractivity contribution < 1.29 is 4.79 Å². The quantitative estimate of drug-likeness (QED) is 0.786. The summed E-state index contributed by atoms with van der Waals surface area (Å²) in [5.41, 5.74) is -0.269. The van der Waals surface area contributed by atoms with Crippen LogP contribution in [0.3, 0.4) is 0 Å². The molecule has 2 rings (SSSR count). The van der Waals surface area contributed by atoms with Gasteiger partial charge in [-0.25, -0.2) is 0 Å². The Balaban J connectivity index is 0.00000242. The van der Waals surface area contributed by atoms with Crippen molar-refractivity contribution in [1.29, 1.82) is 0 Å². The summed E-state index contributed by atoms with van der Waals surface area (Å²) in [7, 11) is 0. The van der Waals surface area contributed by atoms with E-state index >= 15 is 0 Å². The first-order chi connectivity index (χ1) is 10.2. The molecule has 4 nitrogen and oxygen atoms in total. The molecule has 5 heteroatoms. The van der Waals surface area contributed by atoms with Crippen LogP contribution in [0.4, 0.5) is 0 Å². The Morgan fingerprint density at radius 2 is 1.73 bits per heavy atom. The number of amides is 1. The molecule has 0 aromatic rings. The molecule has 22 heavy (non-hydrogen) atoms. The summed E-state index contributed by atoms with van der Waals surface area (Å²) in [6.45, 7) is 9.09. The highest BCUT2D eigenvalue weighted by atomic mass is 35.5. The SMILES string of the molecule is CCN(CC)C(=O)C1(NCC2CCNCC2)CCCCC1.Cl. The highest BCUT2D eigenvalue weighted by molar-refractivity contribution is 5.86. The van der Waals surface area contributed by atoms with Gasteiger partial charge in [0.25, 0.3) is 0 Å². The molecule has 0 bridgehead atoms. The van der Waals surface area contributed by atoms with Gasteiger partial charge in [-0.15, -0.1) is 12.4 Å². The van der Waals surface area contributed by atoms with E-state index < -0.39 is 0 Å². The minimum atomic E-state index is -0.269. The third kappa shape index (κ3) is 4.84. The van der Waals surface area contributed by atoms with Crippen molar-refractivity contribution in [2.75, 3.05) is 32.7 Å². The lowest BCUT2D eigenvalue weighted by atomic mass is 9.79. The monoisotopic (exact) mass is 331 g/mol. The first-order valence-electron chi connectivity index (χ1n) is 8.97. The number of carbonyl (C=O) groups is 1. The lowest BCUT2D eigenvalue weighted by Crippen LogP contribution is -2.60. The normalized spacial score (nSPS) is 21.9. The van der Waals surface area contributed by atoms with Gasteiger partial charge in [0.1, 0.15) is 0 Å². The Bertz CT molecular complexity index is 322. The molecular formula is C17H34ClN3O. The van der Waals surface area contributed by atoms with Gasteiger partial charge in [0, 0.05) is 13.1 Å². The number of halogens is 1. The highest BCUT2D eigenvalue weighted by Crippen LogP contribution is 2.30. The molecular weight excluding hydrogens is 298 g/mol. The minimum Gasteiger partial charge on any atom is -0.342 e. The predicted molar refractivity (Wildman–Crippen MR) is 94.6 cm³/mol. The number of nitrogens with zero attached hydrogens (tertiary/aromatic N) is 1. The molecule has 0 atom stereocenters. The van der Waals surface area contributed by atoms with Crippen LogP contribution in [-0.4, -0.2) is 49.1 Å². The van der Waals surface area contributed by atoms with Gasteiger partial charge in [-0.05, 0) is 65.1 Å². The zero-order chi connectivity index (χ0) is 15.1. The van der Waals surface area contributed by atoms with E-state index in [1.807, 2.05) is 4.90 Å². The zero-order valence-corrected chi connectivity index (χ0v) is 15.1. The maximum Gasteiger partial charge on any atom is 0.242 e. The van der Waals surface area contributed by atoms with Gasteiger partial charge in [0.2, 0.25) is 5.91 Å². The van der Waals surface area contributed by atoms with Crippen LogP contribution in [0.25, 0.3) is 0 Å². The molecule has 1 heterocycles. The van der Waals surface area contributed by atoms with Gasteiger partial charge >= 0.3 is 0 Å². The van der Waals surface area contributed by atoms with E-state index in [0.717, 1.165) is 51.5 Å². The summed E-state index contributed by atoms with van der Waals surface area (Å²) < 4.78 is 0. The van der Waals surface area contributed by atoms with E-state index in [4.69, 9.17) is 0 Å². The number of hydrogen-bond acceptors (Lipinski definition) is 3. The average Bonchev–Trinajstić information content (AvgIpc) is 2.56. The topological polar surface area (TPSA) is 44.4 Å². The maximum absolute atomic E-state index is 13.0. The van der Waals surface area contributed by atoms with E-state index in [-0.39, 0.29) is 17.9 Å². The Morgan fingerprint density at radius 1 is 1.14 bits per heavy atom. The number of carbonyl (C=O) groups excluding carboxylic acids is 1. The summed E-state index contributed by atoms with van der Waals surface area (Å²) in [4.78, 5) is 15.0. The second-order valence-electron chi connectivity index (χ2n) is 6.69. The maximum atomic E-state index is 13.0. The third-order valence-corrected chi connectivity index (χ3v) is 5.35. The molecule has 0 radical (unpaired) electrons. The molecule has 1 aliphatic heterocycles. The van der Waals surface area contributed by atoms with Crippen LogP contribution in [-0.2, 0) is 4.79 Å². The van der Waals surface area contributed by atoms with Crippen LogP contribution in [0, 0.1) is 5.92 Å². The molecule has 0 spiro atoms. The van der Waals surface area contributed by atoms with Crippen LogP contribution >= 0.6 is 12.4 Å². The predicted octanol–water partition coefficient (Wildman–Crippen LogP) is 2.57. The lowest BCUT2D eigenvalue weighted by molar-refractivity contribution is -0.139. The molecule has 1 saturated heterocycles. The average molecular weight is 332 g/mol. The Kier molecular flexibility index (Phi) is 8.73. The van der Waals surface area contributed by atoms with Crippen molar-refractivity contribution in [3.05, 3.63) is 0 Å². The Hall–Kier alpha value is -0.320. The first kappa shape index (κ1) is 19.7. The van der Waals surface area contributed by atoms with E-state index in [0.29, 0.717) is 5.91 Å². The molecule has 1 amide bonds. The lowest BCUT2D eigenvalue weighted by Gasteiger charge is -2.41. The molecule has 2 aliphatic rings. The fourth-order valence-electron chi connectivity index (χ4n) is 3.86. The van der Waals surface area contributed by atoms with E-state index in [1.54, 1.807) is 0 Å². The van der Waals surface area contributed by atoms with Crippen molar-refractivity contribution in [2.45, 2.75) is 64.3 Å². The fraction of sp³-hybridized carbons (Fsp3) is 0.941. The summed E-state index contributed by atoms with van der Waals surface area (Å²) >= 11 is 0. The van der Waals surface area contributed by atoms with E-state index in [9.17, 15) is 4.79 Å². The minimum absolute atomic E-state index is 0. The van der Waals surface area contributed by atoms with Crippen molar-refractivity contribution in [2.24, 2.45) is 5.92 Å². The van der Waals surface area contributed by atoms with E-state index in [2.05, 4.69) is 24.5 Å². The fourth-order valence-corrected chi connectivity index (χ4v) is 3.86.